The van der Waals surface area contributed by atoms with Gasteiger partial charge in [0.1, 0.15) is 24.7 Å². The van der Waals surface area contributed by atoms with Crippen LogP contribution in [0.2, 0.25) is 0 Å². The number of nitrogens with one attached hydrogen (secondary N) is 1. The number of ether oxygens (including phenoxy) is 2. The number of hydrogen-bond acceptors (Lipinski definition) is 7. The average Bonchev–Trinajstić information content (AvgIpc) is 3.43. The number of alkyl halides is 6. The number of nitrogen functional groups attached to an aromatic ring is 1. The highest BCUT2D eigenvalue weighted by molar-refractivity contribution is 6.68. The summed E-state index contributed by atoms with van der Waals surface area (Å²) in [7, 11) is 6.59. The molecule has 0 aliphatic heterocycles. The Balaban J connectivity index is 0.000000207. The van der Waals surface area contributed by atoms with E-state index >= 15 is 0 Å². The Bertz CT molecular complexity index is 3300. The number of nitrogens with two attached hydrogens (primary N) is 1. The Morgan fingerprint density at radius 2 is 0.870 bits per heavy atom. The van der Waals surface area contributed by atoms with Crippen LogP contribution in [0.15, 0.2) is 194 Å². The van der Waals surface area contributed by atoms with Crippen molar-refractivity contribution in [3.05, 3.63) is 239 Å². The van der Waals surface area contributed by atoms with Crippen molar-refractivity contribution in [3.8, 4) is 33.8 Å². The number of amides is 3. The summed E-state index contributed by atoms with van der Waals surface area (Å²) < 4.78 is 87.9. The van der Waals surface area contributed by atoms with Crippen molar-refractivity contribution in [2.45, 2.75) is 25.6 Å². The summed E-state index contributed by atoms with van der Waals surface area (Å²) in [4.78, 5) is 52.4. The van der Waals surface area contributed by atoms with Gasteiger partial charge in [-0.05, 0) is 118 Å². The van der Waals surface area contributed by atoms with Crippen LogP contribution in [0.1, 0.15) is 63.7 Å². The molecule has 0 atom stereocenters. The summed E-state index contributed by atoms with van der Waals surface area (Å²) in [6, 6.07) is 51.7. The van der Waals surface area contributed by atoms with E-state index in [2.05, 4.69) is 5.32 Å². The summed E-state index contributed by atoms with van der Waals surface area (Å²) in [5, 5.41) is 2.14. The Hall–Kier alpha value is -8.89. The molecule has 0 bridgehead atoms. The summed E-state index contributed by atoms with van der Waals surface area (Å²) >= 11 is 5.44. The second-order valence-corrected chi connectivity index (χ2v) is 17.7. The first kappa shape index (κ1) is 57.4. The monoisotopic (exact) mass is 1070 g/mol. The molecule has 10 nitrogen and oxygen atoms in total. The van der Waals surface area contributed by atoms with Gasteiger partial charge in [-0.2, -0.15) is 26.3 Å². The SMILES string of the molecule is CN(C)C(=O)c1cc(OCc2ccccc2)ccc1N.CN(C)C(=O)c1cc(OCc2ccccc2)ccc1NC(=O)c1ccccc1-c1ccc(C(F)(F)F)cc1.O=C(Cl)c1ccccc1-c1ccc(C(F)(F)F)cc1. The predicted octanol–water partition coefficient (Wildman–Crippen LogP) is 14.2. The molecule has 0 aliphatic rings. The second-order valence-electron chi connectivity index (χ2n) is 17.4. The average molecular weight is 1070 g/mol. The molecule has 8 aromatic carbocycles. The van der Waals surface area contributed by atoms with Crippen molar-refractivity contribution < 1.29 is 55.0 Å². The molecule has 8 rings (SSSR count). The van der Waals surface area contributed by atoms with Crippen LogP contribution in [0, 0.1) is 0 Å². The first-order chi connectivity index (χ1) is 36.6. The molecule has 0 saturated carbocycles. The maximum absolute atomic E-state index is 13.3. The van der Waals surface area contributed by atoms with Crippen molar-refractivity contribution in [1.29, 1.82) is 0 Å². The predicted molar refractivity (Wildman–Crippen MR) is 287 cm³/mol. The van der Waals surface area contributed by atoms with Crippen molar-refractivity contribution >= 4 is 45.9 Å². The van der Waals surface area contributed by atoms with Crippen LogP contribution >= 0.6 is 11.6 Å². The first-order valence-corrected chi connectivity index (χ1v) is 23.8. The van der Waals surface area contributed by atoms with E-state index in [0.717, 1.165) is 35.4 Å². The lowest BCUT2D eigenvalue weighted by Gasteiger charge is -2.17. The third-order valence-electron chi connectivity index (χ3n) is 11.4. The van der Waals surface area contributed by atoms with Gasteiger partial charge in [-0.3, -0.25) is 19.2 Å². The fraction of sp³-hybridized carbons (Fsp3) is 0.133. The molecule has 0 fully saturated rings. The third-order valence-corrected chi connectivity index (χ3v) is 11.6. The molecule has 17 heteroatoms. The number of carbonyl (C=O) groups is 4. The number of carbonyl (C=O) groups excluding carboxylic acids is 4. The Labute approximate surface area is 446 Å². The van der Waals surface area contributed by atoms with Crippen LogP contribution in [0.25, 0.3) is 22.3 Å². The van der Waals surface area contributed by atoms with Gasteiger partial charge in [0.05, 0.1) is 27.9 Å². The molecule has 0 aromatic heterocycles. The molecule has 8 aromatic rings. The van der Waals surface area contributed by atoms with Gasteiger partial charge in [0.25, 0.3) is 23.0 Å². The molecule has 0 saturated heterocycles. The van der Waals surface area contributed by atoms with E-state index in [1.54, 1.807) is 107 Å². The minimum atomic E-state index is -4.46. The van der Waals surface area contributed by atoms with Gasteiger partial charge < -0.3 is 30.3 Å². The van der Waals surface area contributed by atoms with Crippen LogP contribution in [-0.4, -0.2) is 61.0 Å². The van der Waals surface area contributed by atoms with E-state index in [9.17, 15) is 45.5 Å². The molecule has 0 aliphatic carbocycles. The molecular weight excluding hydrogens is 1020 g/mol. The summed E-state index contributed by atoms with van der Waals surface area (Å²) in [6.07, 6.45) is -8.83. The lowest BCUT2D eigenvalue weighted by molar-refractivity contribution is -0.138. The second kappa shape index (κ2) is 26.1. The summed E-state index contributed by atoms with van der Waals surface area (Å²) in [6.45, 7) is 0.767. The molecule has 3 N–H and O–H groups in total. The van der Waals surface area contributed by atoms with Gasteiger partial charge in [0.15, 0.2) is 0 Å². The number of halogens is 7. The van der Waals surface area contributed by atoms with Gasteiger partial charge in [-0.15, -0.1) is 0 Å². The van der Waals surface area contributed by atoms with Crippen molar-refractivity contribution in [1.82, 2.24) is 9.80 Å². The smallest absolute Gasteiger partial charge is 0.416 e. The Morgan fingerprint density at radius 3 is 1.31 bits per heavy atom. The molecule has 0 radical (unpaired) electrons. The summed E-state index contributed by atoms with van der Waals surface area (Å²) in [5.41, 5.74) is 10.3. The Morgan fingerprint density at radius 1 is 0.481 bits per heavy atom. The van der Waals surface area contributed by atoms with Crippen LogP contribution < -0.4 is 20.5 Å². The lowest BCUT2D eigenvalue weighted by Crippen LogP contribution is -2.24. The van der Waals surface area contributed by atoms with E-state index in [4.69, 9.17) is 26.8 Å². The van der Waals surface area contributed by atoms with E-state index in [-0.39, 0.29) is 34.2 Å². The normalized spacial score (nSPS) is 10.9. The number of anilines is 2. The van der Waals surface area contributed by atoms with Crippen molar-refractivity contribution in [2.24, 2.45) is 0 Å². The minimum Gasteiger partial charge on any atom is -0.489 e. The minimum absolute atomic E-state index is 0.132. The van der Waals surface area contributed by atoms with Crippen LogP contribution in [0.4, 0.5) is 37.7 Å². The number of nitrogens with zero attached hydrogens (tertiary/aromatic N) is 2. The van der Waals surface area contributed by atoms with Crippen molar-refractivity contribution in [3.63, 3.8) is 0 Å². The molecule has 77 heavy (non-hydrogen) atoms. The lowest BCUT2D eigenvalue weighted by atomic mass is 9.98. The molecule has 0 unspecified atom stereocenters. The fourth-order valence-corrected chi connectivity index (χ4v) is 7.54. The largest absolute Gasteiger partial charge is 0.489 e. The van der Waals surface area contributed by atoms with Crippen LogP contribution in [-0.2, 0) is 25.6 Å². The highest BCUT2D eigenvalue weighted by Crippen LogP contribution is 2.34. The standard InChI is InChI=1S/C30H25F3N2O3.C16H18N2O2.C14H8ClF3O/c1-35(2)29(37)26-18-23(38-19-20-8-4-3-5-9-20)16-17-27(26)34-28(36)25-11-7-6-10-24(25)21-12-14-22(15-13-21)30(31,32)33;1-18(2)16(19)14-10-13(8-9-15(14)17)20-11-12-6-4-3-5-7-12;15-13(19)12-4-2-1-3-11(12)9-5-7-10(8-6-9)14(16,17)18/h3-18H,19H2,1-2H3,(H,34,36);3-10H,11,17H2,1-2H3;1-8H. The van der Waals surface area contributed by atoms with E-state index < -0.39 is 34.6 Å². The molecule has 0 heterocycles. The van der Waals surface area contributed by atoms with Crippen LogP contribution in [0.3, 0.4) is 0 Å². The zero-order valence-corrected chi connectivity index (χ0v) is 42.7. The molecule has 0 spiro atoms. The first-order valence-electron chi connectivity index (χ1n) is 23.5. The van der Waals surface area contributed by atoms with E-state index in [1.165, 1.54) is 40.1 Å². The number of benzene rings is 8. The van der Waals surface area contributed by atoms with Gasteiger partial charge in [0.2, 0.25) is 0 Å². The Kier molecular flexibility index (Phi) is 19.4. The van der Waals surface area contributed by atoms with Crippen molar-refractivity contribution in [2.75, 3.05) is 39.2 Å². The summed E-state index contributed by atoms with van der Waals surface area (Å²) in [5.74, 6) is 0.121. The number of rotatable bonds is 13. The maximum Gasteiger partial charge on any atom is 0.416 e. The van der Waals surface area contributed by atoms with Gasteiger partial charge in [-0.1, -0.05) is 121 Å². The fourth-order valence-electron chi connectivity index (χ4n) is 7.38. The van der Waals surface area contributed by atoms with E-state index in [1.807, 2.05) is 60.7 Å². The molecule has 3 amide bonds. The van der Waals surface area contributed by atoms with Crippen LogP contribution in [0.5, 0.6) is 11.5 Å². The van der Waals surface area contributed by atoms with Gasteiger partial charge in [0, 0.05) is 45.0 Å². The number of hydrogen-bond donors (Lipinski definition) is 2. The zero-order valence-electron chi connectivity index (χ0n) is 42.0. The molecule has 396 valence electrons. The highest BCUT2D eigenvalue weighted by Gasteiger charge is 2.31. The quantitative estimate of drug-likeness (QED) is 0.0668. The molecular formula is C60H51ClF6N4O6. The zero-order chi connectivity index (χ0) is 55.9. The van der Waals surface area contributed by atoms with Gasteiger partial charge in [-0.25, -0.2) is 0 Å². The topological polar surface area (TPSA) is 131 Å². The third kappa shape index (κ3) is 16.1. The highest BCUT2D eigenvalue weighted by atomic mass is 35.5. The maximum atomic E-state index is 13.3. The van der Waals surface area contributed by atoms with E-state index in [0.29, 0.717) is 58.2 Å². The van der Waals surface area contributed by atoms with Gasteiger partial charge >= 0.3 is 12.4 Å².